The van der Waals surface area contributed by atoms with Gasteiger partial charge in [0.2, 0.25) is 0 Å². The van der Waals surface area contributed by atoms with Crippen molar-refractivity contribution >= 4 is 19.6 Å². The van der Waals surface area contributed by atoms with E-state index in [0.717, 1.165) is 0 Å². The molecule has 1 aromatic carbocycles. The second-order valence-electron chi connectivity index (χ2n) is 9.88. The zero-order chi connectivity index (χ0) is 27.2. The fourth-order valence-corrected chi connectivity index (χ4v) is 13.4. The van der Waals surface area contributed by atoms with Crippen LogP contribution < -0.4 is 0 Å². The molecule has 34 heavy (non-hydrogen) atoms. The van der Waals surface area contributed by atoms with Crippen molar-refractivity contribution in [1.82, 2.24) is 0 Å². The third-order valence-electron chi connectivity index (χ3n) is 5.48. The number of halogens is 9. The van der Waals surface area contributed by atoms with E-state index in [0.29, 0.717) is 41.5 Å². The average Bonchev–Trinajstić information content (AvgIpc) is 2.58. The van der Waals surface area contributed by atoms with Crippen LogP contribution in [0.3, 0.4) is 0 Å². The molecule has 0 radical (unpaired) electrons. The van der Waals surface area contributed by atoms with E-state index < -0.39 is 58.4 Å². The first-order valence-electron chi connectivity index (χ1n) is 10.1. The molecule has 1 aromatic rings. The molecule has 0 N–H and O–H groups in total. The Hall–Kier alpha value is -0.731. The van der Waals surface area contributed by atoms with Crippen molar-refractivity contribution in [2.75, 3.05) is 0 Å². The number of hydrogen-bond donors (Lipinski definition) is 0. The Labute approximate surface area is 198 Å². The maximum atomic E-state index is 13.8. The van der Waals surface area contributed by atoms with Gasteiger partial charge in [-0.3, -0.25) is 0 Å². The molecule has 0 aliphatic heterocycles. The van der Waals surface area contributed by atoms with Gasteiger partial charge in [0.05, 0.1) is 0 Å². The van der Waals surface area contributed by atoms with Crippen molar-refractivity contribution < 1.29 is 48.7 Å². The SMILES string of the molecule is CC(C)([O][Sn]([O]C(C)(C)C(F)(F)F)([O]C(C)(C)C(F)(F)F)[C](C)(C)c1ccccc1)C(F)(F)F. The summed E-state index contributed by atoms with van der Waals surface area (Å²) in [6.07, 6.45) is -15.5. The van der Waals surface area contributed by atoms with E-state index in [-0.39, 0.29) is 5.56 Å². The Morgan fingerprint density at radius 3 is 1.00 bits per heavy atom. The summed E-state index contributed by atoms with van der Waals surface area (Å²) in [5.74, 6) is 0. The normalized spacial score (nSPS) is 15.6. The Morgan fingerprint density at radius 1 is 0.500 bits per heavy atom. The minimum atomic E-state index is -6.75. The first-order valence-corrected chi connectivity index (χ1v) is 15.0. The molecule has 0 heterocycles. The number of rotatable bonds is 8. The predicted molar refractivity (Wildman–Crippen MR) is 109 cm³/mol. The quantitative estimate of drug-likeness (QED) is 0.223. The molecule has 3 nitrogen and oxygen atoms in total. The molecule has 0 atom stereocenters. The summed E-state index contributed by atoms with van der Waals surface area (Å²) in [5, 5.41) is 0. The Kier molecular flexibility index (Phi) is 8.55. The van der Waals surface area contributed by atoms with E-state index in [4.69, 9.17) is 9.22 Å². The van der Waals surface area contributed by atoms with Gasteiger partial charge in [-0.15, -0.1) is 0 Å². The molecular formula is C21H29F9O3Sn. The molecular weight excluding hydrogens is 590 g/mol. The molecule has 0 amide bonds. The van der Waals surface area contributed by atoms with Crippen molar-refractivity contribution in [2.45, 2.75) is 94.2 Å². The van der Waals surface area contributed by atoms with E-state index in [2.05, 4.69) is 0 Å². The summed E-state index contributed by atoms with van der Waals surface area (Å²) in [4.78, 5) is 0. The first kappa shape index (κ1) is 31.3. The number of alkyl halides is 9. The second-order valence-corrected chi connectivity index (χ2v) is 18.4. The summed E-state index contributed by atoms with van der Waals surface area (Å²) in [7, 11) is 0. The van der Waals surface area contributed by atoms with E-state index >= 15 is 0 Å². The van der Waals surface area contributed by atoms with Crippen LogP contribution in [0.5, 0.6) is 0 Å². The first-order chi connectivity index (χ1) is 14.7. The number of benzene rings is 1. The molecule has 1 rings (SSSR count). The summed E-state index contributed by atoms with van der Waals surface area (Å²) >= 11 is -6.75. The van der Waals surface area contributed by atoms with E-state index in [1.54, 1.807) is 0 Å². The maximum absolute atomic E-state index is 13.8. The second kappa shape index (κ2) is 9.29. The van der Waals surface area contributed by atoms with Crippen LogP contribution in [0.4, 0.5) is 39.5 Å². The average molecular weight is 619 g/mol. The molecule has 0 aromatic heterocycles. The molecule has 0 saturated heterocycles. The van der Waals surface area contributed by atoms with Crippen LogP contribution in [0, 0.1) is 0 Å². The van der Waals surface area contributed by atoms with Gasteiger partial charge < -0.3 is 0 Å². The molecule has 0 aliphatic rings. The van der Waals surface area contributed by atoms with Gasteiger partial charge in [-0.1, -0.05) is 0 Å². The minimum absolute atomic E-state index is 0.0970. The van der Waals surface area contributed by atoms with Crippen LogP contribution in [-0.2, 0) is 12.7 Å². The molecule has 0 unspecified atom stereocenters. The van der Waals surface area contributed by atoms with Crippen LogP contribution in [0.2, 0.25) is 0 Å². The van der Waals surface area contributed by atoms with Crippen LogP contribution in [0.1, 0.15) is 61.0 Å². The molecule has 13 heteroatoms. The zero-order valence-corrected chi connectivity index (χ0v) is 22.9. The van der Waals surface area contributed by atoms with Crippen molar-refractivity contribution in [3.63, 3.8) is 0 Å². The van der Waals surface area contributed by atoms with Crippen molar-refractivity contribution in [3.8, 4) is 0 Å². The van der Waals surface area contributed by atoms with Crippen molar-refractivity contribution in [2.24, 2.45) is 0 Å². The van der Waals surface area contributed by atoms with Crippen LogP contribution >= 0.6 is 0 Å². The fraction of sp³-hybridized carbons (Fsp3) is 0.714. The van der Waals surface area contributed by atoms with Gasteiger partial charge in [-0.25, -0.2) is 0 Å². The Balaban J connectivity index is 4.04. The summed E-state index contributed by atoms with van der Waals surface area (Å²) < 4.78 is 139. The molecule has 0 fully saturated rings. The van der Waals surface area contributed by atoms with Gasteiger partial charge >= 0.3 is 198 Å². The van der Waals surface area contributed by atoms with E-state index in [9.17, 15) is 39.5 Å². The zero-order valence-electron chi connectivity index (χ0n) is 20.0. The molecule has 0 aliphatic carbocycles. The topological polar surface area (TPSA) is 27.7 Å². The summed E-state index contributed by atoms with van der Waals surface area (Å²) in [6, 6.07) is 7.10. The van der Waals surface area contributed by atoms with Gasteiger partial charge in [0.1, 0.15) is 0 Å². The number of hydrogen-bond acceptors (Lipinski definition) is 3. The van der Waals surface area contributed by atoms with Gasteiger partial charge in [-0.2, -0.15) is 0 Å². The third kappa shape index (κ3) is 6.33. The molecule has 0 bridgehead atoms. The Morgan fingerprint density at radius 2 is 0.765 bits per heavy atom. The van der Waals surface area contributed by atoms with Gasteiger partial charge in [0, 0.05) is 0 Å². The van der Waals surface area contributed by atoms with E-state index in [1.165, 1.54) is 44.2 Å². The van der Waals surface area contributed by atoms with Gasteiger partial charge in [0.15, 0.2) is 0 Å². The van der Waals surface area contributed by atoms with Gasteiger partial charge in [-0.05, 0) is 0 Å². The van der Waals surface area contributed by atoms with Crippen molar-refractivity contribution in [1.29, 1.82) is 0 Å². The van der Waals surface area contributed by atoms with Gasteiger partial charge in [0.25, 0.3) is 0 Å². The summed E-state index contributed by atoms with van der Waals surface area (Å²) in [5.41, 5.74) is -9.49. The molecule has 198 valence electrons. The fourth-order valence-electron chi connectivity index (χ4n) is 2.66. The van der Waals surface area contributed by atoms with Crippen LogP contribution in [0.25, 0.3) is 0 Å². The third-order valence-corrected chi connectivity index (χ3v) is 17.3. The predicted octanol–water partition coefficient (Wildman–Crippen LogP) is 7.51. The van der Waals surface area contributed by atoms with Crippen LogP contribution in [-0.4, -0.2) is 55.0 Å². The molecule has 0 saturated carbocycles. The van der Waals surface area contributed by atoms with Crippen LogP contribution in [0.15, 0.2) is 30.3 Å². The van der Waals surface area contributed by atoms with E-state index in [1.807, 2.05) is 0 Å². The molecule has 0 spiro atoms. The monoisotopic (exact) mass is 620 g/mol. The van der Waals surface area contributed by atoms with Crippen molar-refractivity contribution in [3.05, 3.63) is 35.9 Å². The Bertz CT molecular complexity index is 757. The standard InChI is InChI=1S/C9H11.3C4H6F3O.Sn/c1-8(2)9-6-4-3-5-7-9;3*1-3(2,8)4(5,6)7;/h3-7H,1-2H3;3*1-2H3;/q;3*-1;+3. The summed E-state index contributed by atoms with van der Waals surface area (Å²) in [6.45, 7) is 5.39.